The van der Waals surface area contributed by atoms with Gasteiger partial charge in [0.2, 0.25) is 5.91 Å². The van der Waals surface area contributed by atoms with Gasteiger partial charge in [-0.25, -0.2) is 18.7 Å². The maximum atomic E-state index is 15.5. The van der Waals surface area contributed by atoms with Crippen LogP contribution < -0.4 is 25.0 Å². The second kappa shape index (κ2) is 12.2. The second-order valence-corrected chi connectivity index (χ2v) is 10.00. The van der Waals surface area contributed by atoms with E-state index in [9.17, 15) is 4.79 Å². The van der Waals surface area contributed by atoms with Gasteiger partial charge in [0.05, 0.1) is 50.8 Å². The zero-order chi connectivity index (χ0) is 29.1. The molecule has 0 bridgehead atoms. The smallest absolute Gasteiger partial charge is 0.243 e. The molecule has 2 unspecified atom stereocenters. The number of amides is 1. The molecule has 10 nitrogen and oxygen atoms in total. The highest BCUT2D eigenvalue weighted by molar-refractivity contribution is 5.96. The van der Waals surface area contributed by atoms with Crippen LogP contribution in [0.1, 0.15) is 6.42 Å². The SMILES string of the molecule is C=CC(=O)NCC1COC[C@H]1Nc1cc2c(N3CCC(OC)C3)nc(-c3c(F)c(OC)cc(OC)c3F)cc2cn1. The fraction of sp³-hybridized carbons (Fsp3) is 0.414. The van der Waals surface area contributed by atoms with Crippen LogP contribution in [0, 0.1) is 17.6 Å². The molecule has 5 rings (SSSR count). The average Bonchev–Trinajstić information content (AvgIpc) is 3.65. The van der Waals surface area contributed by atoms with E-state index in [2.05, 4.69) is 22.2 Å². The van der Waals surface area contributed by atoms with Gasteiger partial charge in [0.25, 0.3) is 0 Å². The van der Waals surface area contributed by atoms with Crippen LogP contribution in [-0.2, 0) is 14.3 Å². The van der Waals surface area contributed by atoms with Gasteiger partial charge in [-0.3, -0.25) is 4.79 Å². The van der Waals surface area contributed by atoms with Crippen LogP contribution in [0.5, 0.6) is 11.5 Å². The molecule has 12 heteroatoms. The standard InChI is InChI=1S/C29H33F2N5O5/c1-5-25(37)33-12-17-14-41-15-21(17)34-24-9-19-16(11-32-24)8-20(35-29(19)36-7-6-18(13-36)38-2)26-27(30)22(39-3)10-23(40-4)28(26)31/h5,8-11,17-18,21H,1,6-7,12-15H2,2-4H3,(H,32,34)(H,33,37)/t17?,18?,21-/m1/s1. The summed E-state index contributed by atoms with van der Waals surface area (Å²) < 4.78 is 52.4. The van der Waals surface area contributed by atoms with E-state index in [1.54, 1.807) is 19.4 Å². The van der Waals surface area contributed by atoms with Crippen molar-refractivity contribution < 1.29 is 32.5 Å². The van der Waals surface area contributed by atoms with Crippen molar-refractivity contribution in [3.63, 3.8) is 0 Å². The Balaban J connectivity index is 1.56. The highest BCUT2D eigenvalue weighted by Crippen LogP contribution is 2.40. The van der Waals surface area contributed by atoms with Crippen molar-refractivity contribution >= 4 is 28.3 Å². The lowest BCUT2D eigenvalue weighted by molar-refractivity contribution is -0.116. The summed E-state index contributed by atoms with van der Waals surface area (Å²) in [7, 11) is 4.27. The fourth-order valence-electron chi connectivity index (χ4n) is 5.25. The molecule has 2 fully saturated rings. The molecule has 2 N–H and O–H groups in total. The second-order valence-electron chi connectivity index (χ2n) is 10.00. The van der Waals surface area contributed by atoms with E-state index in [0.29, 0.717) is 49.9 Å². The molecule has 0 radical (unpaired) electrons. The highest BCUT2D eigenvalue weighted by atomic mass is 19.1. The number of anilines is 2. The van der Waals surface area contributed by atoms with Crippen LogP contribution >= 0.6 is 0 Å². The number of carbonyl (C=O) groups excluding carboxylic acids is 1. The number of halogens is 2. The molecule has 0 aliphatic carbocycles. The van der Waals surface area contributed by atoms with Gasteiger partial charge in [-0.2, -0.15) is 0 Å². The van der Waals surface area contributed by atoms with Crippen LogP contribution in [0.3, 0.4) is 0 Å². The Labute approximate surface area is 236 Å². The van der Waals surface area contributed by atoms with Crippen molar-refractivity contribution in [2.75, 3.05) is 64.4 Å². The van der Waals surface area contributed by atoms with Crippen molar-refractivity contribution in [2.24, 2.45) is 5.92 Å². The first kappa shape index (κ1) is 28.5. The minimum Gasteiger partial charge on any atom is -0.494 e. The zero-order valence-corrected chi connectivity index (χ0v) is 23.2. The van der Waals surface area contributed by atoms with Crippen LogP contribution in [0.2, 0.25) is 0 Å². The molecule has 2 saturated heterocycles. The van der Waals surface area contributed by atoms with E-state index >= 15 is 8.78 Å². The molecule has 0 spiro atoms. The fourth-order valence-corrected chi connectivity index (χ4v) is 5.25. The minimum atomic E-state index is -0.873. The summed E-state index contributed by atoms with van der Waals surface area (Å²) >= 11 is 0. The van der Waals surface area contributed by atoms with Crippen molar-refractivity contribution in [3.8, 4) is 22.8 Å². The van der Waals surface area contributed by atoms with Gasteiger partial charge in [-0.05, 0) is 24.6 Å². The Morgan fingerprint density at radius 2 is 1.93 bits per heavy atom. The minimum absolute atomic E-state index is 0.00231. The number of methoxy groups -OCH3 is 3. The first-order valence-electron chi connectivity index (χ1n) is 13.3. The third kappa shape index (κ3) is 5.75. The quantitative estimate of drug-likeness (QED) is 0.355. The number of nitrogens with one attached hydrogen (secondary N) is 2. The maximum Gasteiger partial charge on any atom is 0.243 e. The van der Waals surface area contributed by atoms with Gasteiger partial charge in [0.15, 0.2) is 23.1 Å². The number of aromatic nitrogens is 2. The third-order valence-corrected chi connectivity index (χ3v) is 7.56. The van der Waals surface area contributed by atoms with Gasteiger partial charge in [0, 0.05) is 55.7 Å². The Bertz CT molecular complexity index is 1430. The van der Waals surface area contributed by atoms with Crippen LogP contribution in [0.25, 0.3) is 22.0 Å². The van der Waals surface area contributed by atoms with E-state index in [1.807, 2.05) is 11.0 Å². The molecule has 2 aromatic heterocycles. The molecular weight excluding hydrogens is 536 g/mol. The number of carbonyl (C=O) groups is 1. The van der Waals surface area contributed by atoms with Gasteiger partial charge in [0.1, 0.15) is 11.6 Å². The number of nitrogens with zero attached hydrogens (tertiary/aromatic N) is 3. The largest absolute Gasteiger partial charge is 0.494 e. The normalized spacial score (nSPS) is 20.3. The zero-order valence-electron chi connectivity index (χ0n) is 23.2. The molecular formula is C29H33F2N5O5. The summed E-state index contributed by atoms with van der Waals surface area (Å²) in [4.78, 5) is 23.1. The van der Waals surface area contributed by atoms with E-state index in [4.69, 9.17) is 23.9 Å². The van der Waals surface area contributed by atoms with Gasteiger partial charge < -0.3 is 34.5 Å². The summed E-state index contributed by atoms with van der Waals surface area (Å²) in [6, 6.07) is 4.56. The lowest BCUT2D eigenvalue weighted by atomic mass is 10.0. The van der Waals surface area contributed by atoms with E-state index in [0.717, 1.165) is 11.8 Å². The molecule has 3 aromatic rings. The van der Waals surface area contributed by atoms with Crippen molar-refractivity contribution in [3.05, 3.63) is 48.7 Å². The highest BCUT2D eigenvalue weighted by Gasteiger charge is 2.30. The predicted octanol–water partition coefficient (Wildman–Crippen LogP) is 3.55. The van der Waals surface area contributed by atoms with Crippen LogP contribution in [-0.4, -0.2) is 82.2 Å². The molecule has 1 aromatic carbocycles. The number of ether oxygens (including phenoxy) is 4. The summed E-state index contributed by atoms with van der Waals surface area (Å²) in [6.45, 7) is 6.09. The molecule has 2 aliphatic heterocycles. The lowest BCUT2D eigenvalue weighted by Crippen LogP contribution is -2.37. The summed E-state index contributed by atoms with van der Waals surface area (Å²) in [5, 5.41) is 7.64. The van der Waals surface area contributed by atoms with Crippen molar-refractivity contribution in [2.45, 2.75) is 18.6 Å². The summed E-state index contributed by atoms with van der Waals surface area (Å²) in [5.41, 5.74) is -0.258. The van der Waals surface area contributed by atoms with E-state index in [-0.39, 0.29) is 46.7 Å². The predicted molar refractivity (Wildman–Crippen MR) is 151 cm³/mol. The van der Waals surface area contributed by atoms with Gasteiger partial charge >= 0.3 is 0 Å². The Morgan fingerprint density at radius 3 is 2.59 bits per heavy atom. The third-order valence-electron chi connectivity index (χ3n) is 7.56. The molecule has 3 atom stereocenters. The molecule has 218 valence electrons. The Kier molecular flexibility index (Phi) is 8.50. The number of pyridine rings is 2. The Hall–Kier alpha value is -4.03. The summed E-state index contributed by atoms with van der Waals surface area (Å²) in [6.07, 6.45) is 3.67. The number of fused-ring (bicyclic) bond motifs is 1. The van der Waals surface area contributed by atoms with Crippen LogP contribution in [0.4, 0.5) is 20.4 Å². The molecule has 0 saturated carbocycles. The average molecular weight is 570 g/mol. The lowest BCUT2D eigenvalue weighted by Gasteiger charge is -2.23. The Morgan fingerprint density at radius 1 is 1.17 bits per heavy atom. The first-order valence-corrected chi connectivity index (χ1v) is 13.3. The van der Waals surface area contributed by atoms with Crippen molar-refractivity contribution in [1.29, 1.82) is 0 Å². The number of hydrogen-bond acceptors (Lipinski definition) is 9. The van der Waals surface area contributed by atoms with Crippen LogP contribution in [0.15, 0.2) is 37.1 Å². The number of benzene rings is 1. The van der Waals surface area contributed by atoms with E-state index in [1.165, 1.54) is 26.4 Å². The molecule has 41 heavy (non-hydrogen) atoms. The molecule has 1 amide bonds. The first-order chi connectivity index (χ1) is 19.9. The topological polar surface area (TPSA) is 107 Å². The number of rotatable bonds is 10. The molecule has 4 heterocycles. The maximum absolute atomic E-state index is 15.5. The van der Waals surface area contributed by atoms with Crippen molar-refractivity contribution in [1.82, 2.24) is 15.3 Å². The van der Waals surface area contributed by atoms with Gasteiger partial charge in [-0.1, -0.05) is 6.58 Å². The molecule has 2 aliphatic rings. The number of hydrogen-bond donors (Lipinski definition) is 2. The summed E-state index contributed by atoms with van der Waals surface area (Å²) in [5.74, 6) is -1.12. The van der Waals surface area contributed by atoms with Gasteiger partial charge in [-0.15, -0.1) is 0 Å². The van der Waals surface area contributed by atoms with E-state index < -0.39 is 11.6 Å². The monoisotopic (exact) mass is 569 g/mol.